The van der Waals surface area contributed by atoms with Crippen molar-refractivity contribution in [3.05, 3.63) is 70.4 Å². The van der Waals surface area contributed by atoms with Crippen LogP contribution in [0.3, 0.4) is 0 Å². The van der Waals surface area contributed by atoms with E-state index >= 15 is 0 Å². The zero-order valence-electron chi connectivity index (χ0n) is 17.8. The summed E-state index contributed by atoms with van der Waals surface area (Å²) in [6, 6.07) is 16.2. The second-order valence-corrected chi connectivity index (χ2v) is 8.82. The van der Waals surface area contributed by atoms with Gasteiger partial charge in [0.1, 0.15) is 16.5 Å². The van der Waals surface area contributed by atoms with Crippen LogP contribution in [0.15, 0.2) is 48.5 Å². The average Bonchev–Trinajstić information content (AvgIpc) is 3.18. The van der Waals surface area contributed by atoms with Gasteiger partial charge in [0.25, 0.3) is 0 Å². The number of aromatic nitrogens is 2. The zero-order chi connectivity index (χ0) is 21.2. The minimum atomic E-state index is 0.689. The molecule has 6 heteroatoms. The number of anilines is 2. The van der Waals surface area contributed by atoms with Crippen LogP contribution < -0.4 is 14.8 Å². The van der Waals surface area contributed by atoms with Gasteiger partial charge in [-0.15, -0.1) is 11.3 Å². The SMILES string of the molecule is COc1ccc(Nc2nc(Cc3ccccc3)nc3sc4c(c23)CCCC4)cc1OC. The Balaban J connectivity index is 1.59. The fraction of sp³-hybridized carbons (Fsp3) is 0.280. The molecule has 158 valence electrons. The first-order valence-electron chi connectivity index (χ1n) is 10.6. The molecule has 0 radical (unpaired) electrons. The zero-order valence-corrected chi connectivity index (χ0v) is 18.6. The van der Waals surface area contributed by atoms with E-state index in [0.717, 1.165) is 35.0 Å². The molecule has 0 saturated heterocycles. The predicted molar refractivity (Wildman–Crippen MR) is 126 cm³/mol. The number of aryl methyl sites for hydroxylation is 2. The molecule has 31 heavy (non-hydrogen) atoms. The molecule has 2 aromatic heterocycles. The van der Waals surface area contributed by atoms with Crippen LogP contribution in [0.5, 0.6) is 11.5 Å². The molecule has 0 spiro atoms. The van der Waals surface area contributed by atoms with Crippen molar-refractivity contribution in [2.45, 2.75) is 32.1 Å². The van der Waals surface area contributed by atoms with Crippen LogP contribution in [0.1, 0.15) is 34.7 Å². The van der Waals surface area contributed by atoms with Gasteiger partial charge >= 0.3 is 0 Å². The van der Waals surface area contributed by atoms with Gasteiger partial charge in [0.2, 0.25) is 0 Å². The van der Waals surface area contributed by atoms with Crippen molar-refractivity contribution in [1.82, 2.24) is 9.97 Å². The highest BCUT2D eigenvalue weighted by atomic mass is 32.1. The first-order chi connectivity index (χ1) is 15.2. The summed E-state index contributed by atoms with van der Waals surface area (Å²) in [6.07, 6.45) is 5.42. The minimum Gasteiger partial charge on any atom is -0.493 e. The van der Waals surface area contributed by atoms with E-state index < -0.39 is 0 Å². The summed E-state index contributed by atoms with van der Waals surface area (Å²) in [6.45, 7) is 0. The van der Waals surface area contributed by atoms with E-state index in [-0.39, 0.29) is 0 Å². The summed E-state index contributed by atoms with van der Waals surface area (Å²) in [4.78, 5) is 12.5. The fourth-order valence-electron chi connectivity index (χ4n) is 4.20. The molecule has 2 heterocycles. The second-order valence-electron chi connectivity index (χ2n) is 7.74. The quantitative estimate of drug-likeness (QED) is 0.411. The summed E-state index contributed by atoms with van der Waals surface area (Å²) < 4.78 is 10.9. The normalized spacial score (nSPS) is 13.1. The Bertz CT molecular complexity index is 1220. The molecular weight excluding hydrogens is 406 g/mol. The number of benzene rings is 2. The third kappa shape index (κ3) is 3.95. The molecule has 2 aromatic carbocycles. The van der Waals surface area contributed by atoms with Gasteiger partial charge in [0.15, 0.2) is 11.5 Å². The summed E-state index contributed by atoms with van der Waals surface area (Å²) in [7, 11) is 3.30. The van der Waals surface area contributed by atoms with Crippen molar-refractivity contribution >= 4 is 33.1 Å². The third-order valence-corrected chi connectivity index (χ3v) is 6.90. The Morgan fingerprint density at radius 2 is 1.74 bits per heavy atom. The number of fused-ring (bicyclic) bond motifs is 3. The summed E-state index contributed by atoms with van der Waals surface area (Å²) >= 11 is 1.83. The Hall–Kier alpha value is -3.12. The standard InChI is InChI=1S/C25H25N3O2S/c1-29-19-13-12-17(15-20(19)30-2)26-24-23-18-10-6-7-11-21(18)31-25(23)28-22(27-24)14-16-8-4-3-5-9-16/h3-5,8-9,12-13,15H,6-7,10-11,14H2,1-2H3,(H,26,27,28). The van der Waals surface area contributed by atoms with Crippen LogP contribution in [0.25, 0.3) is 10.2 Å². The molecule has 4 aromatic rings. The highest BCUT2D eigenvalue weighted by molar-refractivity contribution is 7.19. The van der Waals surface area contributed by atoms with Crippen LogP contribution in [0, 0.1) is 0 Å². The van der Waals surface area contributed by atoms with Crippen LogP contribution in [-0.2, 0) is 19.3 Å². The number of rotatable bonds is 6. The maximum atomic E-state index is 5.48. The average molecular weight is 432 g/mol. The molecule has 5 rings (SSSR count). The monoisotopic (exact) mass is 431 g/mol. The van der Waals surface area contributed by atoms with Crippen LogP contribution >= 0.6 is 11.3 Å². The number of nitrogens with zero attached hydrogens (tertiary/aromatic N) is 2. The smallest absolute Gasteiger partial charge is 0.162 e. The predicted octanol–water partition coefficient (Wildman–Crippen LogP) is 5.92. The van der Waals surface area contributed by atoms with Crippen LogP contribution in [0.4, 0.5) is 11.5 Å². The molecule has 0 bridgehead atoms. The summed E-state index contributed by atoms with van der Waals surface area (Å²) in [5.41, 5.74) is 3.54. The lowest BCUT2D eigenvalue weighted by Crippen LogP contribution is -2.04. The highest BCUT2D eigenvalue weighted by Gasteiger charge is 2.21. The van der Waals surface area contributed by atoms with Gasteiger partial charge in [-0.25, -0.2) is 9.97 Å². The van der Waals surface area contributed by atoms with Crippen molar-refractivity contribution in [2.75, 3.05) is 19.5 Å². The fourth-order valence-corrected chi connectivity index (χ4v) is 5.48. The number of nitrogens with one attached hydrogen (secondary N) is 1. The molecule has 0 aliphatic heterocycles. The van der Waals surface area contributed by atoms with E-state index in [1.807, 2.05) is 35.6 Å². The molecule has 0 atom stereocenters. The van der Waals surface area contributed by atoms with Crippen molar-refractivity contribution < 1.29 is 9.47 Å². The second kappa shape index (κ2) is 8.55. The molecule has 0 fully saturated rings. The Morgan fingerprint density at radius 3 is 2.55 bits per heavy atom. The van der Waals surface area contributed by atoms with Gasteiger partial charge in [0.05, 0.1) is 19.6 Å². The van der Waals surface area contributed by atoms with Gasteiger partial charge < -0.3 is 14.8 Å². The lowest BCUT2D eigenvalue weighted by Gasteiger charge is -2.15. The van der Waals surface area contributed by atoms with Crippen molar-refractivity contribution in [3.8, 4) is 11.5 Å². The third-order valence-electron chi connectivity index (χ3n) is 5.71. The van der Waals surface area contributed by atoms with Gasteiger partial charge in [-0.2, -0.15) is 0 Å². The largest absolute Gasteiger partial charge is 0.493 e. The number of hydrogen-bond acceptors (Lipinski definition) is 6. The van der Waals surface area contributed by atoms with Crippen LogP contribution in [0.2, 0.25) is 0 Å². The number of hydrogen-bond donors (Lipinski definition) is 1. The number of methoxy groups -OCH3 is 2. The Labute approximate surface area is 186 Å². The van der Waals surface area contributed by atoms with Gasteiger partial charge in [-0.1, -0.05) is 30.3 Å². The lowest BCUT2D eigenvalue weighted by atomic mass is 9.97. The van der Waals surface area contributed by atoms with E-state index in [2.05, 4.69) is 29.6 Å². The molecule has 0 unspecified atom stereocenters. The van der Waals surface area contributed by atoms with Gasteiger partial charge in [-0.05, 0) is 48.9 Å². The molecule has 0 saturated carbocycles. The molecule has 1 N–H and O–H groups in total. The molecule has 5 nitrogen and oxygen atoms in total. The van der Waals surface area contributed by atoms with E-state index in [1.165, 1.54) is 34.2 Å². The maximum absolute atomic E-state index is 5.48. The van der Waals surface area contributed by atoms with Crippen molar-refractivity contribution in [1.29, 1.82) is 0 Å². The van der Waals surface area contributed by atoms with E-state index in [1.54, 1.807) is 14.2 Å². The Morgan fingerprint density at radius 1 is 0.935 bits per heavy atom. The first kappa shape index (κ1) is 19.8. The van der Waals surface area contributed by atoms with E-state index in [4.69, 9.17) is 19.4 Å². The summed E-state index contributed by atoms with van der Waals surface area (Å²) in [5.74, 6) is 3.11. The highest BCUT2D eigenvalue weighted by Crippen LogP contribution is 2.40. The van der Waals surface area contributed by atoms with E-state index in [9.17, 15) is 0 Å². The van der Waals surface area contributed by atoms with Gasteiger partial charge in [0, 0.05) is 23.1 Å². The number of ether oxygens (including phenoxy) is 2. The minimum absolute atomic E-state index is 0.689. The lowest BCUT2D eigenvalue weighted by molar-refractivity contribution is 0.355. The van der Waals surface area contributed by atoms with Crippen molar-refractivity contribution in [3.63, 3.8) is 0 Å². The Kier molecular flexibility index (Phi) is 5.47. The molecule has 1 aliphatic rings. The molecular formula is C25H25N3O2S. The number of thiophene rings is 1. The van der Waals surface area contributed by atoms with Crippen molar-refractivity contribution in [2.24, 2.45) is 0 Å². The first-order valence-corrected chi connectivity index (χ1v) is 11.4. The summed E-state index contributed by atoms with van der Waals surface area (Å²) in [5, 5.41) is 4.73. The molecule has 0 amide bonds. The maximum Gasteiger partial charge on any atom is 0.162 e. The van der Waals surface area contributed by atoms with Gasteiger partial charge in [-0.3, -0.25) is 0 Å². The molecule has 1 aliphatic carbocycles. The van der Waals surface area contributed by atoms with Crippen LogP contribution in [-0.4, -0.2) is 24.2 Å². The topological polar surface area (TPSA) is 56.3 Å². The van der Waals surface area contributed by atoms with E-state index in [0.29, 0.717) is 17.9 Å².